The van der Waals surface area contributed by atoms with Gasteiger partial charge in [-0.1, -0.05) is 29.8 Å². The Morgan fingerprint density at radius 2 is 1.97 bits per heavy atom. The van der Waals surface area contributed by atoms with Gasteiger partial charge in [0, 0.05) is 17.0 Å². The number of fused-ring (bicyclic) bond motifs is 1. The Hall–Kier alpha value is -2.25. The highest BCUT2D eigenvalue weighted by Crippen LogP contribution is 2.37. The molecular weight excluding hydrogens is 486 g/mol. The highest BCUT2D eigenvalue weighted by atomic mass is 35.5. The summed E-state index contributed by atoms with van der Waals surface area (Å²) in [4.78, 5) is 12.2. The molecule has 0 heterocycles. The van der Waals surface area contributed by atoms with Crippen LogP contribution in [0.1, 0.15) is 55.2 Å². The standard InChI is InChI=1S/C27H34ClNO5S/c1-2-33-27(30)29-26-12-10-21-9-11-23(34-13-4-14-35(31,32)18-19-7-8-19)17-24(21)25(26)16-20-5-3-6-22(28)15-20/h3,5-6,9,11,15,17,19,25-26H,2,4,7-8,10,12-14,16,18H2,1H3,(H,29,30). The zero-order valence-electron chi connectivity index (χ0n) is 20.2. The molecule has 2 atom stereocenters. The van der Waals surface area contributed by atoms with Crippen LogP contribution in [-0.4, -0.2) is 45.3 Å². The molecule has 4 rings (SSSR count). The Balaban J connectivity index is 1.46. The Bertz CT molecular complexity index is 1130. The predicted molar refractivity (Wildman–Crippen MR) is 138 cm³/mol. The molecule has 2 unspecified atom stereocenters. The van der Waals surface area contributed by atoms with Crippen molar-refractivity contribution in [1.29, 1.82) is 0 Å². The fourth-order valence-electron chi connectivity index (χ4n) is 4.83. The molecule has 6 nitrogen and oxygen atoms in total. The molecule has 1 amide bonds. The molecule has 2 aromatic carbocycles. The number of aryl methyl sites for hydroxylation is 1. The fraction of sp³-hybridized carbons (Fsp3) is 0.519. The molecule has 8 heteroatoms. The number of ether oxygens (including phenoxy) is 2. The fourth-order valence-corrected chi connectivity index (χ4v) is 6.82. The molecule has 0 saturated heterocycles. The third-order valence-corrected chi connectivity index (χ3v) is 8.83. The number of nitrogens with one attached hydrogen (secondary N) is 1. The second-order valence-corrected chi connectivity index (χ2v) is 12.2. The maximum atomic E-state index is 12.2. The molecule has 2 aliphatic rings. The first-order chi connectivity index (χ1) is 16.8. The molecule has 2 aromatic rings. The van der Waals surface area contributed by atoms with Gasteiger partial charge in [0.15, 0.2) is 9.84 Å². The minimum atomic E-state index is -3.00. The summed E-state index contributed by atoms with van der Waals surface area (Å²) in [7, 11) is -3.00. The average molecular weight is 520 g/mol. The number of benzene rings is 2. The molecular formula is C27H34ClNO5S. The SMILES string of the molecule is CCOC(=O)NC1CCc2ccc(OCCCS(=O)(=O)CC3CC3)cc2C1Cc1cccc(Cl)c1. The van der Waals surface area contributed by atoms with E-state index < -0.39 is 15.9 Å². The van der Waals surface area contributed by atoms with Gasteiger partial charge in [-0.25, -0.2) is 13.2 Å². The molecule has 1 N–H and O–H groups in total. The number of carbonyl (C=O) groups is 1. The Labute approximate surface area is 213 Å². The van der Waals surface area contributed by atoms with Crippen LogP contribution in [-0.2, 0) is 27.4 Å². The summed E-state index contributed by atoms with van der Waals surface area (Å²) < 4.78 is 35.5. The maximum absolute atomic E-state index is 12.2. The zero-order valence-corrected chi connectivity index (χ0v) is 21.7. The first kappa shape index (κ1) is 25.8. The summed E-state index contributed by atoms with van der Waals surface area (Å²) in [5.41, 5.74) is 3.47. The minimum Gasteiger partial charge on any atom is -0.494 e. The highest BCUT2D eigenvalue weighted by molar-refractivity contribution is 7.91. The van der Waals surface area contributed by atoms with E-state index in [0.29, 0.717) is 42.7 Å². The van der Waals surface area contributed by atoms with Crippen LogP contribution in [0.4, 0.5) is 4.79 Å². The van der Waals surface area contributed by atoms with Gasteiger partial charge >= 0.3 is 6.09 Å². The lowest BCUT2D eigenvalue weighted by atomic mass is 9.76. The molecule has 35 heavy (non-hydrogen) atoms. The van der Waals surface area contributed by atoms with E-state index in [4.69, 9.17) is 21.1 Å². The monoisotopic (exact) mass is 519 g/mol. The topological polar surface area (TPSA) is 81.7 Å². The van der Waals surface area contributed by atoms with E-state index in [0.717, 1.165) is 42.6 Å². The molecule has 2 aliphatic carbocycles. The Kier molecular flexibility index (Phi) is 8.60. The van der Waals surface area contributed by atoms with Gasteiger partial charge in [-0.15, -0.1) is 0 Å². The van der Waals surface area contributed by atoms with Crippen molar-refractivity contribution in [2.24, 2.45) is 5.92 Å². The van der Waals surface area contributed by atoms with Gasteiger partial charge in [0.2, 0.25) is 0 Å². The second-order valence-electron chi connectivity index (χ2n) is 9.57. The van der Waals surface area contributed by atoms with E-state index in [1.165, 1.54) is 5.56 Å². The number of halogens is 1. The lowest BCUT2D eigenvalue weighted by Crippen LogP contribution is -2.43. The number of sulfone groups is 1. The molecule has 0 aromatic heterocycles. The molecule has 0 spiro atoms. The van der Waals surface area contributed by atoms with Crippen LogP contribution in [0.25, 0.3) is 0 Å². The van der Waals surface area contributed by atoms with Crippen LogP contribution >= 0.6 is 11.6 Å². The average Bonchev–Trinajstić information content (AvgIpc) is 3.62. The van der Waals surface area contributed by atoms with Crippen LogP contribution in [0.5, 0.6) is 5.75 Å². The van der Waals surface area contributed by atoms with Crippen molar-refractivity contribution < 1.29 is 22.7 Å². The summed E-state index contributed by atoms with van der Waals surface area (Å²) in [6, 6.07) is 13.8. The normalized spacial score (nSPS) is 19.6. The van der Waals surface area contributed by atoms with Crippen LogP contribution in [0.15, 0.2) is 42.5 Å². The highest BCUT2D eigenvalue weighted by Gasteiger charge is 2.32. The summed E-state index contributed by atoms with van der Waals surface area (Å²) in [6.45, 7) is 2.47. The Morgan fingerprint density at radius 3 is 2.71 bits per heavy atom. The van der Waals surface area contributed by atoms with E-state index in [1.807, 2.05) is 36.4 Å². The predicted octanol–water partition coefficient (Wildman–Crippen LogP) is 5.32. The molecule has 1 fully saturated rings. The summed E-state index contributed by atoms with van der Waals surface area (Å²) in [5, 5.41) is 3.74. The van der Waals surface area contributed by atoms with Gasteiger partial charge in [-0.3, -0.25) is 0 Å². The lowest BCUT2D eigenvalue weighted by Gasteiger charge is -2.34. The van der Waals surface area contributed by atoms with Gasteiger partial charge in [0.25, 0.3) is 0 Å². The second kappa shape index (κ2) is 11.7. The molecule has 190 valence electrons. The van der Waals surface area contributed by atoms with E-state index in [-0.39, 0.29) is 17.7 Å². The smallest absolute Gasteiger partial charge is 0.407 e. The molecule has 1 saturated carbocycles. The summed E-state index contributed by atoms with van der Waals surface area (Å²) in [6.07, 6.45) is 4.52. The van der Waals surface area contributed by atoms with Crippen molar-refractivity contribution in [3.8, 4) is 5.75 Å². The van der Waals surface area contributed by atoms with Crippen LogP contribution in [0, 0.1) is 5.92 Å². The van der Waals surface area contributed by atoms with Gasteiger partial charge in [-0.2, -0.15) is 0 Å². The van der Waals surface area contributed by atoms with Crippen LogP contribution < -0.4 is 10.1 Å². The van der Waals surface area contributed by atoms with Crippen molar-refractivity contribution >= 4 is 27.5 Å². The lowest BCUT2D eigenvalue weighted by molar-refractivity contribution is 0.144. The molecule has 0 bridgehead atoms. The number of rotatable bonds is 11. The number of alkyl carbamates (subject to hydrolysis) is 1. The molecule has 0 radical (unpaired) electrons. The Morgan fingerprint density at radius 1 is 1.14 bits per heavy atom. The zero-order chi connectivity index (χ0) is 24.8. The van der Waals surface area contributed by atoms with Crippen molar-refractivity contribution in [3.05, 3.63) is 64.2 Å². The van der Waals surface area contributed by atoms with Gasteiger partial charge in [0.05, 0.1) is 24.7 Å². The van der Waals surface area contributed by atoms with Crippen LogP contribution in [0.3, 0.4) is 0 Å². The van der Waals surface area contributed by atoms with Crippen molar-refractivity contribution in [3.63, 3.8) is 0 Å². The van der Waals surface area contributed by atoms with E-state index in [9.17, 15) is 13.2 Å². The first-order valence-corrected chi connectivity index (χ1v) is 14.7. The van der Waals surface area contributed by atoms with Gasteiger partial charge in [-0.05, 0) is 92.3 Å². The first-order valence-electron chi connectivity index (χ1n) is 12.5. The summed E-state index contributed by atoms with van der Waals surface area (Å²) >= 11 is 6.23. The maximum Gasteiger partial charge on any atom is 0.407 e. The number of hydrogen-bond acceptors (Lipinski definition) is 5. The minimum absolute atomic E-state index is 0.0316. The van der Waals surface area contributed by atoms with E-state index in [2.05, 4.69) is 11.4 Å². The number of hydrogen-bond donors (Lipinski definition) is 1. The number of amides is 1. The molecule has 0 aliphatic heterocycles. The van der Waals surface area contributed by atoms with Crippen LogP contribution in [0.2, 0.25) is 5.02 Å². The van der Waals surface area contributed by atoms with Crippen molar-refractivity contribution in [2.75, 3.05) is 24.7 Å². The van der Waals surface area contributed by atoms with E-state index >= 15 is 0 Å². The largest absolute Gasteiger partial charge is 0.494 e. The van der Waals surface area contributed by atoms with Gasteiger partial charge < -0.3 is 14.8 Å². The van der Waals surface area contributed by atoms with Gasteiger partial charge in [0.1, 0.15) is 5.75 Å². The third kappa shape index (κ3) is 7.61. The third-order valence-electron chi connectivity index (χ3n) is 6.71. The van der Waals surface area contributed by atoms with E-state index in [1.54, 1.807) is 6.92 Å². The van der Waals surface area contributed by atoms with Crippen molar-refractivity contribution in [1.82, 2.24) is 5.32 Å². The van der Waals surface area contributed by atoms with Crippen molar-refractivity contribution in [2.45, 2.75) is 57.4 Å². The number of carbonyl (C=O) groups excluding carboxylic acids is 1. The quantitative estimate of drug-likeness (QED) is 0.406. The summed E-state index contributed by atoms with van der Waals surface area (Å²) in [5.74, 6) is 1.60.